The second-order valence-electron chi connectivity index (χ2n) is 4.50. The molecule has 0 aliphatic rings. The van der Waals surface area contributed by atoms with Gasteiger partial charge in [0.25, 0.3) is 0 Å². The lowest BCUT2D eigenvalue weighted by atomic mass is 10.3. The summed E-state index contributed by atoms with van der Waals surface area (Å²) in [6.07, 6.45) is 0.753. The average molecular weight is 294 g/mol. The maximum Gasteiger partial charge on any atom is 0.207 e. The summed E-state index contributed by atoms with van der Waals surface area (Å²) >= 11 is 5.71. The van der Waals surface area contributed by atoms with E-state index in [1.807, 2.05) is 14.0 Å². The molecular weight excluding hydrogens is 281 g/mol. The molecule has 7 heteroatoms. The molecule has 0 saturated carbocycles. The van der Waals surface area contributed by atoms with E-state index in [0.717, 1.165) is 23.3 Å². The van der Waals surface area contributed by atoms with Crippen molar-refractivity contribution >= 4 is 28.7 Å². The largest absolute Gasteiger partial charge is 0.369 e. The predicted molar refractivity (Wildman–Crippen MR) is 76.6 cm³/mol. The van der Waals surface area contributed by atoms with Gasteiger partial charge in [0.05, 0.1) is 16.4 Å². The van der Waals surface area contributed by atoms with Gasteiger partial charge in [-0.15, -0.1) is 0 Å². The monoisotopic (exact) mass is 293 g/mol. The van der Waals surface area contributed by atoms with E-state index in [2.05, 4.69) is 10.1 Å². The lowest BCUT2D eigenvalue weighted by Crippen LogP contribution is -2.05. The second kappa shape index (κ2) is 4.49. The fraction of sp³-hybridized carbons (Fsp3) is 0.231. The van der Waals surface area contributed by atoms with Crippen LogP contribution in [-0.4, -0.2) is 19.3 Å². The Balaban J connectivity index is 2.32. The first-order valence-electron chi connectivity index (χ1n) is 6.18. The van der Waals surface area contributed by atoms with E-state index < -0.39 is 5.82 Å². The quantitative estimate of drug-likeness (QED) is 0.790. The molecule has 2 aromatic heterocycles. The number of fused-ring (bicyclic) bond motifs is 1. The minimum absolute atomic E-state index is 0.0722. The normalized spacial score (nSPS) is 11.4. The van der Waals surface area contributed by atoms with E-state index in [9.17, 15) is 4.39 Å². The zero-order valence-corrected chi connectivity index (χ0v) is 11.8. The molecule has 0 spiro atoms. The van der Waals surface area contributed by atoms with Crippen LogP contribution in [0.4, 0.5) is 10.3 Å². The lowest BCUT2D eigenvalue weighted by molar-refractivity contribution is 0.627. The number of nitrogens with two attached hydrogens (primary N) is 1. The van der Waals surface area contributed by atoms with Gasteiger partial charge < -0.3 is 5.73 Å². The molecule has 0 fully saturated rings. The Hall–Kier alpha value is -2.08. The number of nitrogen functional groups attached to an aromatic ring is 1. The zero-order chi connectivity index (χ0) is 14.4. The van der Waals surface area contributed by atoms with Crippen LogP contribution in [0, 0.1) is 5.82 Å². The van der Waals surface area contributed by atoms with Crippen LogP contribution >= 0.6 is 11.6 Å². The maximum absolute atomic E-state index is 13.6. The Bertz CT molecular complexity index is 805. The zero-order valence-electron chi connectivity index (χ0n) is 11.1. The summed E-state index contributed by atoms with van der Waals surface area (Å²) in [6, 6.07) is 4.52. The first-order chi connectivity index (χ1) is 9.52. The summed E-state index contributed by atoms with van der Waals surface area (Å²) in [5.74, 6) is -0.201. The van der Waals surface area contributed by atoms with Crippen molar-refractivity contribution in [1.82, 2.24) is 19.3 Å². The van der Waals surface area contributed by atoms with Gasteiger partial charge in [0.2, 0.25) is 5.95 Å². The lowest BCUT2D eigenvalue weighted by Gasteiger charge is -2.07. The van der Waals surface area contributed by atoms with Gasteiger partial charge in [-0.05, 0) is 24.6 Å². The van der Waals surface area contributed by atoms with Crippen molar-refractivity contribution in [2.45, 2.75) is 13.3 Å². The van der Waals surface area contributed by atoms with Gasteiger partial charge in [-0.25, -0.2) is 14.1 Å². The summed E-state index contributed by atoms with van der Waals surface area (Å²) in [4.78, 5) is 4.34. The van der Waals surface area contributed by atoms with Crippen molar-refractivity contribution in [3.8, 4) is 5.69 Å². The number of aromatic nitrogens is 4. The summed E-state index contributed by atoms with van der Waals surface area (Å²) in [7, 11) is 1.81. The highest BCUT2D eigenvalue weighted by molar-refractivity contribution is 6.30. The van der Waals surface area contributed by atoms with Crippen LogP contribution in [0.2, 0.25) is 5.02 Å². The number of nitrogens with zero attached hydrogens (tertiary/aromatic N) is 4. The molecule has 2 heterocycles. The highest BCUT2D eigenvalue weighted by Crippen LogP contribution is 2.27. The molecule has 3 aromatic rings. The van der Waals surface area contributed by atoms with E-state index in [1.54, 1.807) is 15.3 Å². The van der Waals surface area contributed by atoms with Crippen LogP contribution in [-0.2, 0) is 13.5 Å². The Morgan fingerprint density at radius 3 is 2.80 bits per heavy atom. The second-order valence-corrected chi connectivity index (χ2v) is 4.91. The van der Waals surface area contributed by atoms with Crippen LogP contribution in [0.5, 0.6) is 0 Å². The molecule has 5 nitrogen and oxygen atoms in total. The van der Waals surface area contributed by atoms with Crippen molar-refractivity contribution in [3.05, 3.63) is 34.7 Å². The molecule has 2 N–H and O–H groups in total. The van der Waals surface area contributed by atoms with E-state index in [-0.39, 0.29) is 5.02 Å². The molecule has 0 atom stereocenters. The summed E-state index contributed by atoms with van der Waals surface area (Å²) in [5, 5.41) is 4.47. The van der Waals surface area contributed by atoms with Crippen LogP contribution in [0.3, 0.4) is 0 Å². The molecule has 3 rings (SSSR count). The molecule has 0 bridgehead atoms. The molecule has 0 radical (unpaired) electrons. The fourth-order valence-electron chi connectivity index (χ4n) is 2.31. The molecule has 20 heavy (non-hydrogen) atoms. The molecule has 0 aliphatic carbocycles. The molecule has 1 aromatic carbocycles. The highest BCUT2D eigenvalue weighted by atomic mass is 35.5. The fourth-order valence-corrected chi connectivity index (χ4v) is 2.43. The molecular formula is C13H13ClFN5. The van der Waals surface area contributed by atoms with Gasteiger partial charge in [0.15, 0.2) is 5.65 Å². The number of aryl methyl sites for hydroxylation is 2. The van der Waals surface area contributed by atoms with Crippen LogP contribution < -0.4 is 5.73 Å². The van der Waals surface area contributed by atoms with E-state index in [4.69, 9.17) is 17.3 Å². The molecule has 0 aliphatic heterocycles. The standard InChI is InChI=1S/C13H13ClFN5/c1-3-10-11-12(19(2)18-10)20(13(16)17-11)7-4-5-8(14)9(15)6-7/h4-6H,3H2,1-2H3,(H2,16,17). The third kappa shape index (κ3) is 1.76. The van der Waals surface area contributed by atoms with Gasteiger partial charge in [-0.3, -0.25) is 4.57 Å². The van der Waals surface area contributed by atoms with Crippen LogP contribution in [0.1, 0.15) is 12.6 Å². The Morgan fingerprint density at radius 1 is 1.40 bits per heavy atom. The van der Waals surface area contributed by atoms with E-state index >= 15 is 0 Å². The van der Waals surface area contributed by atoms with Gasteiger partial charge in [-0.2, -0.15) is 5.10 Å². The van der Waals surface area contributed by atoms with Gasteiger partial charge in [0, 0.05) is 7.05 Å². The molecule has 0 saturated heterocycles. The van der Waals surface area contributed by atoms with Crippen molar-refractivity contribution in [2.75, 3.05) is 5.73 Å². The van der Waals surface area contributed by atoms with Crippen molar-refractivity contribution in [3.63, 3.8) is 0 Å². The van der Waals surface area contributed by atoms with Crippen molar-refractivity contribution in [2.24, 2.45) is 7.05 Å². The summed E-state index contributed by atoms with van der Waals surface area (Å²) in [5.41, 5.74) is 8.87. The van der Waals surface area contributed by atoms with Crippen molar-refractivity contribution in [1.29, 1.82) is 0 Å². The number of benzene rings is 1. The smallest absolute Gasteiger partial charge is 0.207 e. The SMILES string of the molecule is CCc1nn(C)c2c1nc(N)n2-c1ccc(Cl)c(F)c1. The molecule has 0 unspecified atom stereocenters. The number of hydrogen-bond donors (Lipinski definition) is 1. The summed E-state index contributed by atoms with van der Waals surface area (Å²) < 4.78 is 17.0. The number of anilines is 1. The number of imidazole rings is 1. The first kappa shape index (κ1) is 12.9. The van der Waals surface area contributed by atoms with Gasteiger partial charge in [-0.1, -0.05) is 18.5 Å². The number of halogens is 2. The third-order valence-corrected chi connectivity index (χ3v) is 3.53. The molecule has 0 amide bonds. The third-order valence-electron chi connectivity index (χ3n) is 3.23. The van der Waals surface area contributed by atoms with Crippen LogP contribution in [0.15, 0.2) is 18.2 Å². The van der Waals surface area contributed by atoms with E-state index in [0.29, 0.717) is 11.6 Å². The predicted octanol–water partition coefficient (Wildman–Crippen LogP) is 2.70. The van der Waals surface area contributed by atoms with Crippen LogP contribution in [0.25, 0.3) is 16.9 Å². The minimum atomic E-state index is -0.497. The highest BCUT2D eigenvalue weighted by Gasteiger charge is 2.18. The topological polar surface area (TPSA) is 61.7 Å². The first-order valence-corrected chi connectivity index (χ1v) is 6.56. The van der Waals surface area contributed by atoms with E-state index in [1.165, 1.54) is 12.1 Å². The van der Waals surface area contributed by atoms with Crippen molar-refractivity contribution < 1.29 is 4.39 Å². The van der Waals surface area contributed by atoms with Gasteiger partial charge >= 0.3 is 0 Å². The van der Waals surface area contributed by atoms with Gasteiger partial charge in [0.1, 0.15) is 11.3 Å². The number of hydrogen-bond acceptors (Lipinski definition) is 3. The minimum Gasteiger partial charge on any atom is -0.369 e. The molecule has 104 valence electrons. The summed E-state index contributed by atoms with van der Waals surface area (Å²) in [6.45, 7) is 2.00. The Kier molecular flexibility index (Phi) is 2.90. The maximum atomic E-state index is 13.6. The Labute approximate surface area is 119 Å². The average Bonchev–Trinajstić information content (AvgIpc) is 2.90. The number of rotatable bonds is 2. The Morgan fingerprint density at radius 2 is 2.15 bits per heavy atom.